The lowest BCUT2D eigenvalue weighted by Gasteiger charge is -2.00. The standard InChI is InChI=1S/C11H9F2NO.C10H6F2O/c1-3-4-11(14-15-2)9-6-5-8(12)7-10(9)13;1-2-3-10(13)8-5-4-7(11)6-9(8)12/h5-7H,1-2H3;4-6H,1H3/b14-11+;. The molecule has 2 aromatic carbocycles. The first kappa shape index (κ1) is 22.5. The van der Waals surface area contributed by atoms with Crippen molar-refractivity contribution >= 4 is 11.5 Å². The molecule has 0 amide bonds. The summed E-state index contributed by atoms with van der Waals surface area (Å²) in [6, 6.07) is 5.95. The predicted molar refractivity (Wildman–Crippen MR) is 97.5 cm³/mol. The van der Waals surface area contributed by atoms with E-state index in [1.54, 1.807) is 6.92 Å². The molecular formula is C21H15F4NO2. The number of oxime groups is 1. The fraction of sp³-hybridized carbons (Fsp3) is 0.143. The van der Waals surface area contributed by atoms with Crippen LogP contribution in [0.5, 0.6) is 0 Å². The largest absolute Gasteiger partial charge is 0.398 e. The number of carbonyl (C=O) groups excluding carboxylic acids is 1. The third kappa shape index (κ3) is 6.62. The highest BCUT2D eigenvalue weighted by molar-refractivity contribution is 6.12. The fourth-order valence-corrected chi connectivity index (χ4v) is 1.89. The summed E-state index contributed by atoms with van der Waals surface area (Å²) in [6.45, 7) is 3.06. The summed E-state index contributed by atoms with van der Waals surface area (Å²) < 4.78 is 51.2. The van der Waals surface area contributed by atoms with Crippen molar-refractivity contribution < 1.29 is 27.2 Å². The Morgan fingerprint density at radius 3 is 1.79 bits per heavy atom. The number of hydrogen-bond donors (Lipinski definition) is 0. The van der Waals surface area contributed by atoms with E-state index in [0.717, 1.165) is 24.3 Å². The molecule has 0 fully saturated rings. The summed E-state index contributed by atoms with van der Waals surface area (Å²) in [5.41, 5.74) is 0.0563. The van der Waals surface area contributed by atoms with Gasteiger partial charge in [-0.3, -0.25) is 4.79 Å². The Balaban J connectivity index is 0.000000283. The maximum atomic E-state index is 13.3. The van der Waals surface area contributed by atoms with Crippen LogP contribution < -0.4 is 0 Å². The SMILES string of the molecule is CC#C/C(=N\OC)c1ccc(F)cc1F.CC#CC(=O)c1ccc(F)cc1F. The number of Topliss-reactive ketones (excluding diaryl/α,β-unsaturated/α-hetero) is 1. The van der Waals surface area contributed by atoms with Crippen LogP contribution in [-0.4, -0.2) is 18.6 Å². The molecule has 0 unspecified atom stereocenters. The highest BCUT2D eigenvalue weighted by Gasteiger charge is 2.10. The van der Waals surface area contributed by atoms with Crippen LogP contribution in [0.3, 0.4) is 0 Å². The third-order valence-corrected chi connectivity index (χ3v) is 3.03. The molecule has 7 heteroatoms. The summed E-state index contributed by atoms with van der Waals surface area (Å²) in [7, 11) is 1.33. The van der Waals surface area contributed by atoms with E-state index in [0.29, 0.717) is 6.07 Å². The summed E-state index contributed by atoms with van der Waals surface area (Å²) >= 11 is 0. The van der Waals surface area contributed by atoms with Gasteiger partial charge in [-0.1, -0.05) is 17.0 Å². The Hall–Kier alpha value is -3.58. The summed E-state index contributed by atoms with van der Waals surface area (Å²) in [4.78, 5) is 15.6. The maximum Gasteiger partial charge on any atom is 0.238 e. The van der Waals surface area contributed by atoms with Gasteiger partial charge in [-0.15, -0.1) is 0 Å². The lowest BCUT2D eigenvalue weighted by atomic mass is 10.1. The minimum absolute atomic E-state index is 0.118. The van der Waals surface area contributed by atoms with Gasteiger partial charge in [-0.2, -0.15) is 0 Å². The van der Waals surface area contributed by atoms with E-state index >= 15 is 0 Å². The van der Waals surface area contributed by atoms with Crippen LogP contribution in [0.1, 0.15) is 29.8 Å². The number of carbonyl (C=O) groups is 1. The van der Waals surface area contributed by atoms with Crippen molar-refractivity contribution in [2.24, 2.45) is 5.16 Å². The van der Waals surface area contributed by atoms with Gasteiger partial charge in [-0.25, -0.2) is 17.6 Å². The molecule has 0 N–H and O–H groups in total. The number of hydrogen-bond acceptors (Lipinski definition) is 3. The van der Waals surface area contributed by atoms with Gasteiger partial charge >= 0.3 is 0 Å². The Kier molecular flexibility index (Phi) is 8.98. The molecule has 2 rings (SSSR count). The van der Waals surface area contributed by atoms with Crippen LogP contribution in [0, 0.1) is 47.0 Å². The second kappa shape index (κ2) is 11.2. The Labute approximate surface area is 160 Å². The van der Waals surface area contributed by atoms with E-state index in [1.807, 2.05) is 0 Å². The Morgan fingerprint density at radius 1 is 0.857 bits per heavy atom. The smallest absolute Gasteiger partial charge is 0.238 e. The van der Waals surface area contributed by atoms with E-state index in [-0.39, 0.29) is 16.8 Å². The van der Waals surface area contributed by atoms with Gasteiger partial charge in [0.1, 0.15) is 30.4 Å². The fourth-order valence-electron chi connectivity index (χ4n) is 1.89. The zero-order valence-corrected chi connectivity index (χ0v) is 15.2. The highest BCUT2D eigenvalue weighted by atomic mass is 19.1. The van der Waals surface area contributed by atoms with Crippen LogP contribution in [0.4, 0.5) is 17.6 Å². The molecule has 0 aromatic heterocycles. The summed E-state index contributed by atoms with van der Waals surface area (Å²) in [5, 5.41) is 3.56. The Morgan fingerprint density at radius 2 is 1.36 bits per heavy atom. The summed E-state index contributed by atoms with van der Waals surface area (Å²) in [6.07, 6.45) is 0. The van der Waals surface area contributed by atoms with Crippen molar-refractivity contribution in [3.63, 3.8) is 0 Å². The lowest BCUT2D eigenvalue weighted by Crippen LogP contribution is -2.02. The van der Waals surface area contributed by atoms with Crippen molar-refractivity contribution in [3.8, 4) is 23.7 Å². The van der Waals surface area contributed by atoms with E-state index < -0.39 is 29.1 Å². The van der Waals surface area contributed by atoms with Gasteiger partial charge in [0.05, 0.1) is 5.56 Å². The molecule has 0 aliphatic heterocycles. The number of nitrogens with zero attached hydrogens (tertiary/aromatic N) is 1. The van der Waals surface area contributed by atoms with E-state index in [2.05, 4.69) is 33.7 Å². The molecule has 0 aliphatic carbocycles. The normalized spacial score (nSPS) is 9.75. The lowest BCUT2D eigenvalue weighted by molar-refractivity contribution is 0.105. The summed E-state index contributed by atoms with van der Waals surface area (Å²) in [5.74, 6) is 6.08. The third-order valence-electron chi connectivity index (χ3n) is 3.03. The first-order valence-electron chi connectivity index (χ1n) is 7.75. The van der Waals surface area contributed by atoms with Crippen molar-refractivity contribution in [2.75, 3.05) is 7.11 Å². The molecule has 0 saturated carbocycles. The van der Waals surface area contributed by atoms with E-state index in [9.17, 15) is 22.4 Å². The molecule has 3 nitrogen and oxygen atoms in total. The number of benzene rings is 2. The monoisotopic (exact) mass is 389 g/mol. The van der Waals surface area contributed by atoms with Crippen LogP contribution >= 0.6 is 0 Å². The van der Waals surface area contributed by atoms with Crippen molar-refractivity contribution in [1.29, 1.82) is 0 Å². The first-order valence-corrected chi connectivity index (χ1v) is 7.75. The molecule has 0 bridgehead atoms. The van der Waals surface area contributed by atoms with Crippen LogP contribution in [-0.2, 0) is 4.84 Å². The predicted octanol–water partition coefficient (Wildman–Crippen LogP) is 4.51. The molecule has 0 saturated heterocycles. The molecular weight excluding hydrogens is 374 g/mol. The van der Waals surface area contributed by atoms with Crippen molar-refractivity contribution in [1.82, 2.24) is 0 Å². The van der Waals surface area contributed by atoms with Gasteiger partial charge in [0.15, 0.2) is 5.71 Å². The second-order valence-electron chi connectivity index (χ2n) is 4.95. The van der Waals surface area contributed by atoms with Crippen molar-refractivity contribution in [2.45, 2.75) is 13.8 Å². The van der Waals surface area contributed by atoms with Gasteiger partial charge < -0.3 is 4.84 Å². The zero-order chi connectivity index (χ0) is 21.1. The van der Waals surface area contributed by atoms with Gasteiger partial charge in [-0.05, 0) is 50.0 Å². The maximum absolute atomic E-state index is 13.3. The molecule has 0 radical (unpaired) electrons. The topological polar surface area (TPSA) is 38.7 Å². The molecule has 0 aliphatic rings. The van der Waals surface area contributed by atoms with Gasteiger partial charge in [0.25, 0.3) is 0 Å². The van der Waals surface area contributed by atoms with Gasteiger partial charge in [0, 0.05) is 17.7 Å². The van der Waals surface area contributed by atoms with Crippen molar-refractivity contribution in [3.05, 3.63) is 70.8 Å². The van der Waals surface area contributed by atoms with E-state index in [4.69, 9.17) is 0 Å². The molecule has 0 atom stereocenters. The zero-order valence-electron chi connectivity index (χ0n) is 15.2. The molecule has 0 heterocycles. The average molecular weight is 389 g/mol. The molecule has 2 aromatic rings. The van der Waals surface area contributed by atoms with Crippen LogP contribution in [0.25, 0.3) is 0 Å². The minimum atomic E-state index is -0.882. The van der Waals surface area contributed by atoms with Crippen LogP contribution in [0.15, 0.2) is 41.6 Å². The quantitative estimate of drug-likeness (QED) is 0.194. The highest BCUT2D eigenvalue weighted by Crippen LogP contribution is 2.11. The Bertz CT molecular complexity index is 1010. The molecule has 144 valence electrons. The minimum Gasteiger partial charge on any atom is -0.398 e. The molecule has 28 heavy (non-hydrogen) atoms. The van der Waals surface area contributed by atoms with Crippen LogP contribution in [0.2, 0.25) is 0 Å². The number of ketones is 1. The molecule has 0 spiro atoms. The average Bonchev–Trinajstić information content (AvgIpc) is 2.62. The number of rotatable bonds is 3. The van der Waals surface area contributed by atoms with Gasteiger partial charge in [0.2, 0.25) is 5.78 Å². The number of halogens is 4. The first-order chi connectivity index (χ1) is 13.3. The second-order valence-corrected chi connectivity index (χ2v) is 4.95. The van der Waals surface area contributed by atoms with E-state index in [1.165, 1.54) is 20.1 Å².